The van der Waals surface area contributed by atoms with Crippen molar-refractivity contribution >= 4 is 21.6 Å². The summed E-state index contributed by atoms with van der Waals surface area (Å²) >= 11 is 0. The fourth-order valence-corrected chi connectivity index (χ4v) is 5.70. The van der Waals surface area contributed by atoms with Gasteiger partial charge in [0.05, 0.1) is 4.90 Å². The number of nitrogens with zero attached hydrogens (tertiary/aromatic N) is 4. The molecule has 0 unspecified atom stereocenters. The van der Waals surface area contributed by atoms with Crippen LogP contribution in [0.4, 0.5) is 5.69 Å². The third kappa shape index (κ3) is 4.20. The summed E-state index contributed by atoms with van der Waals surface area (Å²) in [5, 5.41) is 11.5. The molecule has 0 atom stereocenters. The predicted molar refractivity (Wildman–Crippen MR) is 109 cm³/mol. The highest BCUT2D eigenvalue weighted by Gasteiger charge is 2.32. The molecule has 3 heterocycles. The second-order valence-corrected chi connectivity index (χ2v) is 9.76. The lowest BCUT2D eigenvalue weighted by Crippen LogP contribution is -2.38. The molecule has 8 nitrogen and oxygen atoms in total. The Morgan fingerprint density at radius 2 is 1.76 bits per heavy atom. The quantitative estimate of drug-likeness (QED) is 0.824. The van der Waals surface area contributed by atoms with Crippen molar-refractivity contribution in [1.82, 2.24) is 19.1 Å². The zero-order valence-electron chi connectivity index (χ0n) is 16.7. The number of benzene rings is 1. The van der Waals surface area contributed by atoms with Crippen molar-refractivity contribution in [3.05, 3.63) is 35.9 Å². The van der Waals surface area contributed by atoms with Crippen LogP contribution in [-0.4, -0.2) is 46.5 Å². The van der Waals surface area contributed by atoms with Crippen LogP contribution in [0.1, 0.15) is 56.6 Å². The minimum absolute atomic E-state index is 0.186. The van der Waals surface area contributed by atoms with Gasteiger partial charge >= 0.3 is 0 Å². The van der Waals surface area contributed by atoms with E-state index in [9.17, 15) is 13.2 Å². The van der Waals surface area contributed by atoms with E-state index in [2.05, 4.69) is 20.1 Å². The number of amides is 1. The number of carbonyl (C=O) groups is 1. The SMILES string of the molecule is CC(=O)Nc1ccc(S(=O)(=O)N2CCC(c3nnc4n3CCCCC4)CC2)cc1. The van der Waals surface area contributed by atoms with Crippen LogP contribution in [-0.2, 0) is 27.8 Å². The summed E-state index contributed by atoms with van der Waals surface area (Å²) in [6.45, 7) is 3.34. The zero-order chi connectivity index (χ0) is 20.4. The average molecular weight is 418 g/mol. The van der Waals surface area contributed by atoms with Crippen LogP contribution in [0, 0.1) is 0 Å². The molecule has 1 amide bonds. The van der Waals surface area contributed by atoms with Crippen LogP contribution in [0.5, 0.6) is 0 Å². The van der Waals surface area contributed by atoms with Gasteiger partial charge in [0.2, 0.25) is 15.9 Å². The van der Waals surface area contributed by atoms with Gasteiger partial charge in [-0.2, -0.15) is 4.31 Å². The standard InChI is InChI=1S/C20H27N5O3S/c1-15(26)21-17-6-8-18(9-7-17)29(27,28)24-13-10-16(11-14-24)20-23-22-19-5-3-2-4-12-25(19)20/h6-9,16H,2-5,10-14H2,1H3,(H,21,26). The van der Waals surface area contributed by atoms with Gasteiger partial charge in [0.25, 0.3) is 0 Å². The number of piperidine rings is 1. The maximum Gasteiger partial charge on any atom is 0.243 e. The van der Waals surface area contributed by atoms with Crippen LogP contribution in [0.2, 0.25) is 0 Å². The Balaban J connectivity index is 1.44. The van der Waals surface area contributed by atoms with Gasteiger partial charge in [-0.3, -0.25) is 4.79 Å². The van der Waals surface area contributed by atoms with Gasteiger partial charge in [-0.05, 0) is 49.9 Å². The highest BCUT2D eigenvalue weighted by atomic mass is 32.2. The molecule has 0 spiro atoms. The van der Waals surface area contributed by atoms with Crippen molar-refractivity contribution in [2.75, 3.05) is 18.4 Å². The number of aryl methyl sites for hydroxylation is 1. The van der Waals surface area contributed by atoms with Gasteiger partial charge in [0, 0.05) is 44.6 Å². The lowest BCUT2D eigenvalue weighted by Gasteiger charge is -2.31. The number of hydrogen-bond acceptors (Lipinski definition) is 5. The summed E-state index contributed by atoms with van der Waals surface area (Å²) < 4.78 is 29.8. The van der Waals surface area contributed by atoms with Crippen LogP contribution in [0.25, 0.3) is 0 Å². The lowest BCUT2D eigenvalue weighted by molar-refractivity contribution is -0.114. The van der Waals surface area contributed by atoms with E-state index in [-0.39, 0.29) is 16.7 Å². The molecule has 1 N–H and O–H groups in total. The van der Waals surface area contributed by atoms with Crippen molar-refractivity contribution in [1.29, 1.82) is 0 Å². The molecule has 0 saturated carbocycles. The zero-order valence-corrected chi connectivity index (χ0v) is 17.5. The van der Waals surface area contributed by atoms with E-state index in [4.69, 9.17) is 0 Å². The molecule has 0 radical (unpaired) electrons. The second kappa shape index (κ2) is 8.23. The minimum Gasteiger partial charge on any atom is -0.326 e. The summed E-state index contributed by atoms with van der Waals surface area (Å²) in [5.74, 6) is 2.17. The van der Waals surface area contributed by atoms with Crippen LogP contribution in [0.3, 0.4) is 0 Å². The first-order valence-corrected chi connectivity index (χ1v) is 11.7. The van der Waals surface area contributed by atoms with E-state index in [1.807, 2.05) is 0 Å². The van der Waals surface area contributed by atoms with Crippen molar-refractivity contribution in [2.24, 2.45) is 0 Å². The van der Waals surface area contributed by atoms with Crippen molar-refractivity contribution in [3.8, 4) is 0 Å². The van der Waals surface area contributed by atoms with E-state index >= 15 is 0 Å². The number of anilines is 1. The van der Waals surface area contributed by atoms with Crippen molar-refractivity contribution in [2.45, 2.75) is 62.8 Å². The molecular weight excluding hydrogens is 390 g/mol. The third-order valence-corrected chi connectivity index (χ3v) is 7.68. The maximum absolute atomic E-state index is 13.0. The van der Waals surface area contributed by atoms with E-state index in [0.717, 1.165) is 50.3 Å². The molecule has 0 aliphatic carbocycles. The van der Waals surface area contributed by atoms with Gasteiger partial charge in [-0.15, -0.1) is 10.2 Å². The number of carbonyl (C=O) groups excluding carboxylic acids is 1. The highest BCUT2D eigenvalue weighted by molar-refractivity contribution is 7.89. The normalized spacial score (nSPS) is 18.8. The Morgan fingerprint density at radius 1 is 1.03 bits per heavy atom. The van der Waals surface area contributed by atoms with E-state index < -0.39 is 10.0 Å². The summed E-state index contributed by atoms with van der Waals surface area (Å²) in [7, 11) is -3.54. The molecule has 4 rings (SSSR count). The molecule has 9 heteroatoms. The fraction of sp³-hybridized carbons (Fsp3) is 0.550. The highest BCUT2D eigenvalue weighted by Crippen LogP contribution is 2.31. The number of nitrogens with one attached hydrogen (secondary N) is 1. The Kier molecular flexibility index (Phi) is 5.69. The molecule has 0 bridgehead atoms. The van der Waals surface area contributed by atoms with Gasteiger partial charge in [-0.1, -0.05) is 6.42 Å². The number of sulfonamides is 1. The molecule has 1 fully saturated rings. The van der Waals surface area contributed by atoms with E-state index in [1.54, 1.807) is 28.6 Å². The predicted octanol–water partition coefficient (Wildman–Crippen LogP) is 2.53. The molecule has 2 aromatic rings. The first-order valence-electron chi connectivity index (χ1n) is 10.2. The van der Waals surface area contributed by atoms with Crippen LogP contribution < -0.4 is 5.32 Å². The first kappa shape index (κ1) is 20.0. The Labute approximate surface area is 171 Å². The smallest absolute Gasteiger partial charge is 0.243 e. The summed E-state index contributed by atoms with van der Waals surface area (Å²) in [5.41, 5.74) is 0.586. The number of fused-ring (bicyclic) bond motifs is 1. The third-order valence-electron chi connectivity index (χ3n) is 5.77. The van der Waals surface area contributed by atoms with E-state index in [1.165, 1.54) is 13.3 Å². The Bertz CT molecular complexity index is 976. The van der Waals surface area contributed by atoms with Gasteiger partial charge in [-0.25, -0.2) is 8.42 Å². The van der Waals surface area contributed by atoms with Crippen LogP contribution in [0.15, 0.2) is 29.2 Å². The minimum atomic E-state index is -3.54. The number of hydrogen-bond donors (Lipinski definition) is 1. The Morgan fingerprint density at radius 3 is 2.45 bits per heavy atom. The van der Waals surface area contributed by atoms with Crippen molar-refractivity contribution < 1.29 is 13.2 Å². The maximum atomic E-state index is 13.0. The van der Waals surface area contributed by atoms with Gasteiger partial charge in [0.15, 0.2) is 0 Å². The molecule has 2 aliphatic heterocycles. The number of rotatable bonds is 4. The van der Waals surface area contributed by atoms with Crippen molar-refractivity contribution in [3.63, 3.8) is 0 Å². The Hall–Kier alpha value is -2.26. The molecular formula is C20H27N5O3S. The molecule has 2 aliphatic rings. The molecule has 156 valence electrons. The molecule has 1 saturated heterocycles. The van der Waals surface area contributed by atoms with Crippen LogP contribution >= 0.6 is 0 Å². The summed E-state index contributed by atoms with van der Waals surface area (Å²) in [6, 6.07) is 6.33. The fourth-order valence-electron chi connectivity index (χ4n) is 4.23. The topological polar surface area (TPSA) is 97.2 Å². The largest absolute Gasteiger partial charge is 0.326 e. The van der Waals surface area contributed by atoms with Gasteiger partial charge < -0.3 is 9.88 Å². The monoisotopic (exact) mass is 417 g/mol. The molecule has 1 aromatic heterocycles. The van der Waals surface area contributed by atoms with Gasteiger partial charge in [0.1, 0.15) is 11.6 Å². The summed E-state index contributed by atoms with van der Waals surface area (Å²) in [6.07, 6.45) is 6.02. The second-order valence-electron chi connectivity index (χ2n) is 7.82. The summed E-state index contributed by atoms with van der Waals surface area (Å²) in [4.78, 5) is 11.4. The van der Waals surface area contributed by atoms with E-state index in [0.29, 0.717) is 18.8 Å². The average Bonchev–Trinajstić information content (AvgIpc) is 2.96. The lowest BCUT2D eigenvalue weighted by atomic mass is 9.97. The molecule has 29 heavy (non-hydrogen) atoms. The number of aromatic nitrogens is 3. The molecule has 1 aromatic carbocycles. The first-order chi connectivity index (χ1) is 13.9.